The molecule has 0 heterocycles. The fourth-order valence-corrected chi connectivity index (χ4v) is 0.415. The second-order valence-corrected chi connectivity index (χ2v) is 1.68. The summed E-state index contributed by atoms with van der Waals surface area (Å²) in [6.45, 7) is 3.40. The lowest BCUT2D eigenvalue weighted by molar-refractivity contribution is -0.145. The van der Waals surface area contributed by atoms with Crippen molar-refractivity contribution in [1.82, 2.24) is 0 Å². The Morgan fingerprint density at radius 3 is 2.33 bits per heavy atom. The van der Waals surface area contributed by atoms with Crippen molar-refractivity contribution >= 4 is 11.8 Å². The Hall–Kier alpha value is -0.860. The first-order valence-corrected chi connectivity index (χ1v) is 2.82. The largest absolute Gasteiger partial charge is 0.466 e. The van der Waals surface area contributed by atoms with Gasteiger partial charge in [-0.05, 0) is 13.8 Å². The number of rotatable bonds is 3. The fourth-order valence-electron chi connectivity index (χ4n) is 0.415. The van der Waals surface area contributed by atoms with Gasteiger partial charge in [-0.1, -0.05) is 0 Å². The van der Waals surface area contributed by atoms with Crippen molar-refractivity contribution < 1.29 is 14.3 Å². The van der Waals surface area contributed by atoms with E-state index in [2.05, 4.69) is 4.74 Å². The van der Waals surface area contributed by atoms with E-state index < -0.39 is 5.97 Å². The number of ether oxygens (including phenoxy) is 1. The van der Waals surface area contributed by atoms with E-state index >= 15 is 0 Å². The maximum absolute atomic E-state index is 10.4. The zero-order valence-electron chi connectivity index (χ0n) is 5.64. The molecule has 0 amide bonds. The molecule has 0 rings (SSSR count). The van der Waals surface area contributed by atoms with Crippen molar-refractivity contribution in [2.75, 3.05) is 6.61 Å². The molecule has 3 nitrogen and oxygen atoms in total. The van der Waals surface area contributed by atoms with E-state index in [1.165, 1.54) is 6.92 Å². The van der Waals surface area contributed by atoms with E-state index in [4.69, 9.17) is 0 Å². The van der Waals surface area contributed by atoms with Crippen molar-refractivity contribution in [3.63, 3.8) is 0 Å². The van der Waals surface area contributed by atoms with E-state index in [1.54, 1.807) is 6.92 Å². The van der Waals surface area contributed by atoms with Gasteiger partial charge in [-0.3, -0.25) is 9.59 Å². The molecule has 0 radical (unpaired) electrons. The normalized spacial score (nSPS) is 8.67. The van der Waals surface area contributed by atoms with Crippen molar-refractivity contribution in [3.8, 4) is 0 Å². The van der Waals surface area contributed by atoms with Crippen molar-refractivity contribution in [2.45, 2.75) is 20.3 Å². The van der Waals surface area contributed by atoms with Crippen molar-refractivity contribution in [3.05, 3.63) is 0 Å². The third-order valence-electron chi connectivity index (χ3n) is 0.699. The van der Waals surface area contributed by atoms with Crippen LogP contribution < -0.4 is 0 Å². The Bertz CT molecular complexity index is 117. The molecule has 0 aliphatic heterocycles. The number of esters is 1. The molecule has 0 fully saturated rings. The smallest absolute Gasteiger partial charge is 0.313 e. The molecule has 0 aromatic heterocycles. The first kappa shape index (κ1) is 8.14. The van der Waals surface area contributed by atoms with Crippen molar-refractivity contribution in [2.24, 2.45) is 0 Å². The predicted octanol–water partition coefficient (Wildman–Crippen LogP) is 0.529. The lowest BCUT2D eigenvalue weighted by atomic mass is 10.7. The third-order valence-corrected chi connectivity index (χ3v) is 0.699. The van der Waals surface area contributed by atoms with Crippen LogP contribution in [-0.4, -0.2) is 18.4 Å². The quantitative estimate of drug-likeness (QED) is 0.319. The summed E-state index contributed by atoms with van der Waals surface area (Å²) in [7, 11) is 0. The highest BCUT2D eigenvalue weighted by molar-refractivity contribution is 5.94. The average Bonchev–Trinajstić information content (AvgIpc) is 1.63. The third kappa shape index (κ3) is 5.00. The lowest BCUT2D eigenvalue weighted by Gasteiger charge is -1.96. The van der Waals surface area contributed by atoms with Gasteiger partial charge in [-0.15, -0.1) is 0 Å². The molecule has 9 heavy (non-hydrogen) atoms. The van der Waals surface area contributed by atoms with Crippen LogP contribution >= 0.6 is 0 Å². The van der Waals surface area contributed by atoms with Gasteiger partial charge in [0.15, 0.2) is 0 Å². The number of carbonyl (C=O) groups is 2. The van der Waals surface area contributed by atoms with Gasteiger partial charge in [0.1, 0.15) is 12.2 Å². The van der Waals surface area contributed by atoms with Gasteiger partial charge in [0.05, 0.1) is 6.61 Å². The molecule has 0 bridgehead atoms. The summed E-state index contributed by atoms with van der Waals surface area (Å²) in [5, 5.41) is 0. The summed E-state index contributed by atoms with van der Waals surface area (Å²) in [6, 6.07) is 0. The van der Waals surface area contributed by atoms with Crippen LogP contribution in [0.25, 0.3) is 0 Å². The Morgan fingerprint density at radius 1 is 1.44 bits per heavy atom. The Labute approximate surface area is 54.0 Å². The highest BCUT2D eigenvalue weighted by atomic mass is 16.5. The maximum atomic E-state index is 10.4. The van der Waals surface area contributed by atoms with Crippen LogP contribution in [0.5, 0.6) is 0 Å². The van der Waals surface area contributed by atoms with Crippen LogP contribution in [0.15, 0.2) is 0 Å². The highest BCUT2D eigenvalue weighted by Gasteiger charge is 2.03. The second-order valence-electron chi connectivity index (χ2n) is 1.68. The number of carbonyl (C=O) groups excluding carboxylic acids is 2. The molecule has 0 aliphatic carbocycles. The zero-order chi connectivity index (χ0) is 7.28. The summed E-state index contributed by atoms with van der Waals surface area (Å²) in [6.07, 6.45) is -0.103. The van der Waals surface area contributed by atoms with Crippen LogP contribution in [0.2, 0.25) is 0 Å². The molecule has 0 saturated carbocycles. The molecule has 0 aromatic rings. The number of Topliss-reactive ketones (excluding diaryl/α,β-unsaturated/α-hetero) is 1. The molecule has 0 unspecified atom stereocenters. The van der Waals surface area contributed by atoms with E-state index in [1.807, 2.05) is 0 Å². The Balaban J connectivity index is 3.39. The van der Waals surface area contributed by atoms with Gasteiger partial charge in [0, 0.05) is 0 Å². The fraction of sp³-hybridized carbons (Fsp3) is 0.667. The Morgan fingerprint density at radius 2 is 2.00 bits per heavy atom. The minimum Gasteiger partial charge on any atom is -0.466 e. The van der Waals surface area contributed by atoms with Crippen molar-refractivity contribution in [1.29, 1.82) is 0 Å². The van der Waals surface area contributed by atoms with E-state index in [0.717, 1.165) is 0 Å². The molecule has 0 atom stereocenters. The van der Waals surface area contributed by atoms with Gasteiger partial charge < -0.3 is 4.74 Å². The molecular formula is C6H10O3. The van der Waals surface area contributed by atoms with Crippen LogP contribution in [0.1, 0.15) is 20.3 Å². The predicted molar refractivity (Wildman–Crippen MR) is 31.9 cm³/mol. The SMILES string of the molecule is CCOC(=O)[13CH2]C([13CH3])=O. The molecule has 0 aromatic carbocycles. The molecule has 0 saturated heterocycles. The monoisotopic (exact) mass is 132 g/mol. The summed E-state index contributed by atoms with van der Waals surface area (Å²) in [5.74, 6) is -0.599. The van der Waals surface area contributed by atoms with E-state index in [-0.39, 0.29) is 12.2 Å². The number of hydrogen-bond acceptors (Lipinski definition) is 3. The Kier molecular flexibility index (Phi) is 3.67. The first-order valence-electron chi connectivity index (χ1n) is 2.82. The van der Waals surface area contributed by atoms with Gasteiger partial charge in [0.25, 0.3) is 0 Å². The van der Waals surface area contributed by atoms with Crippen LogP contribution in [0.3, 0.4) is 0 Å². The van der Waals surface area contributed by atoms with Gasteiger partial charge in [-0.2, -0.15) is 0 Å². The standard InChI is InChI=1S/C6H10O3/c1-3-9-6(8)4-5(2)7/h3-4H2,1-2H3/i2+1,4+1. The summed E-state index contributed by atoms with van der Waals surface area (Å²) >= 11 is 0. The number of hydrogen-bond donors (Lipinski definition) is 0. The van der Waals surface area contributed by atoms with Crippen LogP contribution in [-0.2, 0) is 14.3 Å². The average molecular weight is 132 g/mol. The van der Waals surface area contributed by atoms with E-state index in [9.17, 15) is 9.59 Å². The minimum atomic E-state index is -0.440. The topological polar surface area (TPSA) is 43.4 Å². The number of ketones is 1. The van der Waals surface area contributed by atoms with Gasteiger partial charge >= 0.3 is 5.97 Å². The molecule has 0 N–H and O–H groups in total. The zero-order valence-corrected chi connectivity index (χ0v) is 5.64. The summed E-state index contributed by atoms with van der Waals surface area (Å²) in [4.78, 5) is 20.6. The van der Waals surface area contributed by atoms with Gasteiger partial charge in [-0.25, -0.2) is 0 Å². The van der Waals surface area contributed by atoms with Crippen LogP contribution in [0, 0.1) is 0 Å². The van der Waals surface area contributed by atoms with Crippen LogP contribution in [0.4, 0.5) is 0 Å². The molecule has 3 heteroatoms. The lowest BCUT2D eigenvalue weighted by Crippen LogP contribution is -2.07. The molecule has 0 spiro atoms. The second kappa shape index (κ2) is 4.06. The maximum Gasteiger partial charge on any atom is 0.313 e. The van der Waals surface area contributed by atoms with Gasteiger partial charge in [0.2, 0.25) is 0 Å². The highest BCUT2D eigenvalue weighted by Crippen LogP contribution is 1.86. The minimum absolute atomic E-state index is 0.103. The molecule has 0 aliphatic rings. The van der Waals surface area contributed by atoms with E-state index in [0.29, 0.717) is 6.61 Å². The molecule has 52 valence electrons. The summed E-state index contributed by atoms with van der Waals surface area (Å²) in [5.41, 5.74) is 0. The summed E-state index contributed by atoms with van der Waals surface area (Å²) < 4.78 is 4.49. The first-order chi connectivity index (χ1) is 4.16. The molecular weight excluding hydrogens is 122 g/mol.